The fourth-order valence-corrected chi connectivity index (χ4v) is 2.33. The summed E-state index contributed by atoms with van der Waals surface area (Å²) in [6, 6.07) is 4.85. The molecule has 2 aromatic rings. The maximum atomic E-state index is 14.0. The predicted octanol–water partition coefficient (Wildman–Crippen LogP) is 4.24. The van der Waals surface area contributed by atoms with Crippen molar-refractivity contribution in [1.82, 2.24) is 9.97 Å². The summed E-state index contributed by atoms with van der Waals surface area (Å²) < 4.78 is 14.0. The molecule has 0 atom stereocenters. The van der Waals surface area contributed by atoms with Crippen molar-refractivity contribution in [3.05, 3.63) is 40.4 Å². The summed E-state index contributed by atoms with van der Waals surface area (Å²) in [5.41, 5.74) is 1.16. The van der Waals surface area contributed by atoms with Crippen molar-refractivity contribution in [3.63, 3.8) is 0 Å². The van der Waals surface area contributed by atoms with Crippen molar-refractivity contribution in [2.24, 2.45) is 0 Å². The van der Waals surface area contributed by atoms with Gasteiger partial charge in [-0.3, -0.25) is 0 Å². The zero-order valence-corrected chi connectivity index (χ0v) is 12.6. The summed E-state index contributed by atoms with van der Waals surface area (Å²) in [5.74, 6) is 2.11. The van der Waals surface area contributed by atoms with Gasteiger partial charge >= 0.3 is 0 Å². The van der Waals surface area contributed by atoms with Gasteiger partial charge in [-0.2, -0.15) is 0 Å². The molecule has 0 unspecified atom stereocenters. The number of rotatable bonds is 4. The minimum Gasteiger partial charge on any atom is -0.373 e. The number of halogens is 2. The Morgan fingerprint density at radius 1 is 1.24 bits per heavy atom. The molecule has 0 saturated heterocycles. The molecule has 2 N–H and O–H groups in total. The van der Waals surface area contributed by atoms with E-state index in [2.05, 4.69) is 20.6 Å². The van der Waals surface area contributed by atoms with Crippen LogP contribution >= 0.6 is 11.6 Å². The third kappa shape index (κ3) is 2.78. The molecule has 0 aliphatic heterocycles. The lowest BCUT2D eigenvalue weighted by Gasteiger charge is -2.14. The maximum absolute atomic E-state index is 14.0. The lowest BCUT2D eigenvalue weighted by atomic mass is 10.2. The summed E-state index contributed by atoms with van der Waals surface area (Å²) in [4.78, 5) is 9.05. The highest BCUT2D eigenvalue weighted by atomic mass is 35.5. The number of nitrogens with zero attached hydrogens (tertiary/aromatic N) is 2. The predicted molar refractivity (Wildman–Crippen MR) is 83.0 cm³/mol. The van der Waals surface area contributed by atoms with Crippen LogP contribution in [0.2, 0.25) is 5.02 Å². The van der Waals surface area contributed by atoms with Gasteiger partial charge in [0.05, 0.1) is 10.7 Å². The number of nitrogens with one attached hydrogen (secondary N) is 2. The van der Waals surface area contributed by atoms with Crippen LogP contribution in [0, 0.1) is 12.7 Å². The first-order valence-corrected chi connectivity index (χ1v) is 7.25. The van der Waals surface area contributed by atoms with Crippen LogP contribution in [0.4, 0.5) is 21.7 Å². The van der Waals surface area contributed by atoms with Crippen molar-refractivity contribution < 1.29 is 4.39 Å². The minimum atomic E-state index is -0.476. The molecule has 1 aliphatic rings. The summed E-state index contributed by atoms with van der Waals surface area (Å²) in [6.45, 7) is 1.90. The molecule has 0 spiro atoms. The Balaban J connectivity index is 2.01. The Bertz CT molecular complexity index is 686. The van der Waals surface area contributed by atoms with Crippen LogP contribution in [0.5, 0.6) is 0 Å². The van der Waals surface area contributed by atoms with E-state index < -0.39 is 5.82 Å². The summed E-state index contributed by atoms with van der Waals surface area (Å²) >= 11 is 5.81. The van der Waals surface area contributed by atoms with Crippen LogP contribution in [0.25, 0.3) is 0 Å². The normalized spacial score (nSPS) is 14.1. The molecule has 4 nitrogen and oxygen atoms in total. The van der Waals surface area contributed by atoms with Gasteiger partial charge < -0.3 is 10.6 Å². The molecule has 1 fully saturated rings. The number of aromatic nitrogens is 2. The average Bonchev–Trinajstić information content (AvgIpc) is 3.30. The Hall–Kier alpha value is -1.88. The number of hydrogen-bond acceptors (Lipinski definition) is 4. The standard InChI is InChI=1S/C15H16ClFN4/c1-8-13(18-2)20-15(9-6-7-9)21-14(8)19-11-5-3-4-10(16)12(11)17/h3-5,9H,6-7H2,1-2H3,(H2,18,19,20,21). The van der Waals surface area contributed by atoms with E-state index in [0.717, 1.165) is 30.0 Å². The molecule has 0 bridgehead atoms. The molecule has 6 heteroatoms. The minimum absolute atomic E-state index is 0.0861. The van der Waals surface area contributed by atoms with Crippen molar-refractivity contribution >= 4 is 28.9 Å². The van der Waals surface area contributed by atoms with Gasteiger partial charge in [0.2, 0.25) is 0 Å². The van der Waals surface area contributed by atoms with Gasteiger partial charge in [-0.25, -0.2) is 14.4 Å². The summed E-state index contributed by atoms with van der Waals surface area (Å²) in [5, 5.41) is 6.17. The number of anilines is 3. The quantitative estimate of drug-likeness (QED) is 0.887. The second kappa shape index (κ2) is 5.48. The lowest BCUT2D eigenvalue weighted by molar-refractivity contribution is 0.632. The van der Waals surface area contributed by atoms with Gasteiger partial charge in [-0.1, -0.05) is 17.7 Å². The van der Waals surface area contributed by atoms with Gasteiger partial charge in [0.1, 0.15) is 17.5 Å². The Morgan fingerprint density at radius 3 is 2.62 bits per heavy atom. The van der Waals surface area contributed by atoms with Crippen molar-refractivity contribution in [2.75, 3.05) is 17.7 Å². The molecule has 21 heavy (non-hydrogen) atoms. The first-order valence-electron chi connectivity index (χ1n) is 6.87. The lowest BCUT2D eigenvalue weighted by Crippen LogP contribution is -2.07. The fraction of sp³-hybridized carbons (Fsp3) is 0.333. The van der Waals surface area contributed by atoms with Gasteiger partial charge in [0.15, 0.2) is 5.82 Å². The van der Waals surface area contributed by atoms with Crippen LogP contribution < -0.4 is 10.6 Å². The topological polar surface area (TPSA) is 49.8 Å². The zero-order valence-electron chi connectivity index (χ0n) is 11.9. The third-order valence-electron chi connectivity index (χ3n) is 3.55. The molecule has 1 aromatic heterocycles. The van der Waals surface area contributed by atoms with E-state index in [9.17, 15) is 4.39 Å². The van der Waals surface area contributed by atoms with Gasteiger partial charge in [0, 0.05) is 18.5 Å². The van der Waals surface area contributed by atoms with Crippen LogP contribution in [0.15, 0.2) is 18.2 Å². The molecule has 3 rings (SSSR count). The summed E-state index contributed by atoms with van der Waals surface area (Å²) in [6.07, 6.45) is 2.22. The Kier molecular flexibility index (Phi) is 3.68. The maximum Gasteiger partial charge on any atom is 0.165 e. The van der Waals surface area contributed by atoms with Gasteiger partial charge in [0.25, 0.3) is 0 Å². The first-order chi connectivity index (χ1) is 10.1. The Labute approximate surface area is 127 Å². The molecule has 1 aliphatic carbocycles. The van der Waals surface area contributed by atoms with E-state index >= 15 is 0 Å². The van der Waals surface area contributed by atoms with Gasteiger partial charge in [-0.15, -0.1) is 0 Å². The molecule has 1 saturated carbocycles. The Morgan fingerprint density at radius 2 is 1.95 bits per heavy atom. The molecular formula is C15H16ClFN4. The second-order valence-corrected chi connectivity index (χ2v) is 5.56. The van der Waals surface area contributed by atoms with E-state index in [1.54, 1.807) is 12.1 Å². The molecular weight excluding hydrogens is 291 g/mol. The first kappa shape index (κ1) is 14.1. The molecule has 1 aromatic carbocycles. The van der Waals surface area contributed by atoms with Crippen LogP contribution in [0.1, 0.15) is 30.1 Å². The van der Waals surface area contributed by atoms with E-state index in [1.165, 1.54) is 6.07 Å². The van der Waals surface area contributed by atoms with Crippen LogP contribution in [0.3, 0.4) is 0 Å². The highest BCUT2D eigenvalue weighted by Crippen LogP contribution is 2.40. The fourth-order valence-electron chi connectivity index (χ4n) is 2.15. The van der Waals surface area contributed by atoms with Crippen LogP contribution in [-0.4, -0.2) is 17.0 Å². The largest absolute Gasteiger partial charge is 0.373 e. The molecule has 0 radical (unpaired) electrons. The van der Waals surface area contributed by atoms with E-state index in [4.69, 9.17) is 11.6 Å². The van der Waals surface area contributed by atoms with Crippen molar-refractivity contribution in [1.29, 1.82) is 0 Å². The molecule has 0 amide bonds. The second-order valence-electron chi connectivity index (χ2n) is 5.15. The third-order valence-corrected chi connectivity index (χ3v) is 3.84. The SMILES string of the molecule is CNc1nc(C2CC2)nc(Nc2cccc(Cl)c2F)c1C. The van der Waals surface area contributed by atoms with Crippen molar-refractivity contribution in [2.45, 2.75) is 25.7 Å². The number of hydrogen-bond donors (Lipinski definition) is 2. The highest BCUT2D eigenvalue weighted by Gasteiger charge is 2.28. The zero-order chi connectivity index (χ0) is 15.0. The van der Waals surface area contributed by atoms with E-state index in [1.807, 2.05) is 14.0 Å². The van der Waals surface area contributed by atoms with Gasteiger partial charge in [-0.05, 0) is 31.9 Å². The smallest absolute Gasteiger partial charge is 0.165 e. The number of benzene rings is 1. The average molecular weight is 307 g/mol. The highest BCUT2D eigenvalue weighted by molar-refractivity contribution is 6.31. The van der Waals surface area contributed by atoms with E-state index in [-0.39, 0.29) is 5.02 Å². The summed E-state index contributed by atoms with van der Waals surface area (Å²) in [7, 11) is 1.82. The molecule has 110 valence electrons. The monoisotopic (exact) mass is 306 g/mol. The van der Waals surface area contributed by atoms with Crippen molar-refractivity contribution in [3.8, 4) is 0 Å². The van der Waals surface area contributed by atoms with Crippen LogP contribution in [-0.2, 0) is 0 Å². The van der Waals surface area contributed by atoms with E-state index in [0.29, 0.717) is 17.4 Å². The molecule has 1 heterocycles.